The summed E-state index contributed by atoms with van der Waals surface area (Å²) in [6.45, 7) is 3.05. The summed E-state index contributed by atoms with van der Waals surface area (Å²) in [6.07, 6.45) is 2.81. The zero-order valence-corrected chi connectivity index (χ0v) is 9.58. The van der Waals surface area contributed by atoms with Gasteiger partial charge in [0, 0.05) is 25.5 Å². The van der Waals surface area contributed by atoms with Crippen molar-refractivity contribution in [2.75, 3.05) is 24.6 Å². The fourth-order valence-corrected chi connectivity index (χ4v) is 1.96. The van der Waals surface area contributed by atoms with E-state index in [1.54, 1.807) is 6.20 Å². The first kappa shape index (κ1) is 11.8. The number of aliphatic hydroxyl groups is 1. The van der Waals surface area contributed by atoms with Gasteiger partial charge in [-0.15, -0.1) is 0 Å². The second-order valence-electron chi connectivity index (χ2n) is 4.00. The van der Waals surface area contributed by atoms with Crippen molar-refractivity contribution in [2.45, 2.75) is 19.1 Å². The number of nitrogens with zero attached hydrogens (tertiary/aromatic N) is 4. The molecule has 0 spiro atoms. The number of morpholine rings is 1. The fraction of sp³-hybridized carbons (Fsp3) is 0.545. The number of rotatable bonds is 2. The smallest absolute Gasteiger partial charge is 0.183 e. The molecule has 0 saturated carbocycles. The van der Waals surface area contributed by atoms with Crippen LogP contribution in [0.15, 0.2) is 12.4 Å². The summed E-state index contributed by atoms with van der Waals surface area (Å²) < 4.78 is 5.54. The number of hydrogen-bond donors (Lipinski definition) is 1. The molecule has 1 N–H and O–H groups in total. The van der Waals surface area contributed by atoms with E-state index in [0.29, 0.717) is 24.6 Å². The molecule has 2 rings (SSSR count). The first-order chi connectivity index (χ1) is 8.24. The largest absolute Gasteiger partial charge is 0.394 e. The second kappa shape index (κ2) is 5.08. The standard InChI is InChI=1S/C11H14N4O2/c1-8-5-15(6-9(7-16)17-8)11-10(4-12)13-2-3-14-11/h2-3,8-9,16H,5-7H2,1H3. The van der Waals surface area contributed by atoms with Crippen molar-refractivity contribution in [1.82, 2.24) is 9.97 Å². The van der Waals surface area contributed by atoms with E-state index in [4.69, 9.17) is 15.1 Å². The molecule has 2 heterocycles. The van der Waals surface area contributed by atoms with Crippen LogP contribution in [0, 0.1) is 11.3 Å². The van der Waals surface area contributed by atoms with Gasteiger partial charge in [-0.25, -0.2) is 9.97 Å². The van der Waals surface area contributed by atoms with Crippen molar-refractivity contribution < 1.29 is 9.84 Å². The summed E-state index contributed by atoms with van der Waals surface area (Å²) in [6, 6.07) is 2.02. The number of nitriles is 1. The highest BCUT2D eigenvalue weighted by atomic mass is 16.5. The summed E-state index contributed by atoms with van der Waals surface area (Å²) in [4.78, 5) is 10.1. The third-order valence-corrected chi connectivity index (χ3v) is 2.61. The van der Waals surface area contributed by atoms with E-state index >= 15 is 0 Å². The minimum Gasteiger partial charge on any atom is -0.394 e. The number of aliphatic hydroxyl groups excluding tert-OH is 1. The summed E-state index contributed by atoms with van der Waals surface area (Å²) >= 11 is 0. The summed E-state index contributed by atoms with van der Waals surface area (Å²) in [5, 5.41) is 18.1. The van der Waals surface area contributed by atoms with Crippen LogP contribution in [-0.4, -0.2) is 47.0 Å². The predicted molar refractivity (Wildman–Crippen MR) is 60.4 cm³/mol. The quantitative estimate of drug-likeness (QED) is 0.771. The van der Waals surface area contributed by atoms with Crippen molar-refractivity contribution in [3.63, 3.8) is 0 Å². The van der Waals surface area contributed by atoms with Crippen LogP contribution < -0.4 is 4.90 Å². The van der Waals surface area contributed by atoms with Crippen LogP contribution in [0.1, 0.15) is 12.6 Å². The molecule has 0 aliphatic carbocycles. The van der Waals surface area contributed by atoms with Crippen LogP contribution in [-0.2, 0) is 4.74 Å². The molecule has 1 fully saturated rings. The van der Waals surface area contributed by atoms with E-state index < -0.39 is 0 Å². The van der Waals surface area contributed by atoms with Gasteiger partial charge in [0.2, 0.25) is 0 Å². The van der Waals surface area contributed by atoms with Crippen LogP contribution >= 0.6 is 0 Å². The van der Waals surface area contributed by atoms with Gasteiger partial charge in [0.05, 0.1) is 18.8 Å². The van der Waals surface area contributed by atoms with Crippen molar-refractivity contribution in [1.29, 1.82) is 5.26 Å². The molecule has 17 heavy (non-hydrogen) atoms. The van der Waals surface area contributed by atoms with Crippen LogP contribution in [0.2, 0.25) is 0 Å². The lowest BCUT2D eigenvalue weighted by molar-refractivity contribution is -0.0423. The maximum absolute atomic E-state index is 9.15. The Morgan fingerprint density at radius 3 is 3.00 bits per heavy atom. The third kappa shape index (κ3) is 2.52. The molecule has 0 radical (unpaired) electrons. The van der Waals surface area contributed by atoms with Gasteiger partial charge in [-0.3, -0.25) is 0 Å². The third-order valence-electron chi connectivity index (χ3n) is 2.61. The van der Waals surface area contributed by atoms with Crippen molar-refractivity contribution in [3.05, 3.63) is 18.1 Å². The van der Waals surface area contributed by atoms with Gasteiger partial charge in [-0.05, 0) is 6.92 Å². The molecule has 2 unspecified atom stereocenters. The summed E-state index contributed by atoms with van der Waals surface area (Å²) in [5.74, 6) is 0.559. The van der Waals surface area contributed by atoms with Crippen LogP contribution in [0.4, 0.5) is 5.82 Å². The van der Waals surface area contributed by atoms with E-state index in [2.05, 4.69) is 9.97 Å². The average molecular weight is 234 g/mol. The molecule has 0 aromatic carbocycles. The highest BCUT2D eigenvalue weighted by Gasteiger charge is 2.27. The van der Waals surface area contributed by atoms with Crippen molar-refractivity contribution in [3.8, 4) is 6.07 Å². The molecule has 90 valence electrons. The van der Waals surface area contributed by atoms with Gasteiger partial charge >= 0.3 is 0 Å². The van der Waals surface area contributed by atoms with Gasteiger partial charge in [0.1, 0.15) is 6.07 Å². The Balaban J connectivity index is 2.24. The van der Waals surface area contributed by atoms with E-state index in [1.807, 2.05) is 17.9 Å². The Hall–Kier alpha value is -1.71. The Morgan fingerprint density at radius 1 is 1.53 bits per heavy atom. The Morgan fingerprint density at radius 2 is 2.29 bits per heavy atom. The minimum atomic E-state index is -0.243. The SMILES string of the molecule is CC1CN(c2nccnc2C#N)CC(CO)O1. The van der Waals surface area contributed by atoms with E-state index in [-0.39, 0.29) is 18.8 Å². The maximum atomic E-state index is 9.15. The van der Waals surface area contributed by atoms with Crippen LogP contribution in [0.3, 0.4) is 0 Å². The maximum Gasteiger partial charge on any atom is 0.183 e. The molecule has 1 aliphatic heterocycles. The highest BCUT2D eigenvalue weighted by Crippen LogP contribution is 2.19. The van der Waals surface area contributed by atoms with Gasteiger partial charge < -0.3 is 14.7 Å². The monoisotopic (exact) mass is 234 g/mol. The van der Waals surface area contributed by atoms with Crippen molar-refractivity contribution in [2.24, 2.45) is 0 Å². The normalized spacial score (nSPS) is 24.4. The molecule has 6 heteroatoms. The molecule has 1 saturated heterocycles. The van der Waals surface area contributed by atoms with E-state index in [1.165, 1.54) is 6.20 Å². The highest BCUT2D eigenvalue weighted by molar-refractivity contribution is 5.49. The van der Waals surface area contributed by atoms with Crippen LogP contribution in [0.25, 0.3) is 0 Å². The Labute approximate surface area is 99.5 Å². The van der Waals surface area contributed by atoms with Gasteiger partial charge in [-0.2, -0.15) is 5.26 Å². The number of hydrogen-bond acceptors (Lipinski definition) is 6. The topological polar surface area (TPSA) is 82.3 Å². The van der Waals surface area contributed by atoms with Gasteiger partial charge in [0.15, 0.2) is 11.5 Å². The van der Waals surface area contributed by atoms with E-state index in [9.17, 15) is 0 Å². The number of ether oxygens (including phenoxy) is 1. The average Bonchev–Trinajstić information content (AvgIpc) is 2.37. The Kier molecular flexibility index (Phi) is 3.52. The molecule has 1 aromatic rings. The number of anilines is 1. The summed E-state index contributed by atoms with van der Waals surface area (Å²) in [5.41, 5.74) is 0.304. The van der Waals surface area contributed by atoms with E-state index in [0.717, 1.165) is 0 Å². The van der Waals surface area contributed by atoms with Crippen LogP contribution in [0.5, 0.6) is 0 Å². The molecule has 0 amide bonds. The molecular weight excluding hydrogens is 220 g/mol. The zero-order valence-electron chi connectivity index (χ0n) is 9.58. The van der Waals surface area contributed by atoms with Crippen molar-refractivity contribution >= 4 is 5.82 Å². The minimum absolute atomic E-state index is 0.00514. The number of aromatic nitrogens is 2. The zero-order chi connectivity index (χ0) is 12.3. The molecule has 1 aromatic heterocycles. The lowest BCUT2D eigenvalue weighted by Gasteiger charge is -2.36. The predicted octanol–water partition coefficient (Wildman–Crippen LogP) is -0.0657. The first-order valence-electron chi connectivity index (χ1n) is 5.47. The molecule has 6 nitrogen and oxygen atoms in total. The molecular formula is C11H14N4O2. The van der Waals surface area contributed by atoms with Gasteiger partial charge in [-0.1, -0.05) is 0 Å². The fourth-order valence-electron chi connectivity index (χ4n) is 1.96. The molecule has 2 atom stereocenters. The molecule has 0 bridgehead atoms. The lowest BCUT2D eigenvalue weighted by Crippen LogP contribution is -2.48. The second-order valence-corrected chi connectivity index (χ2v) is 4.00. The summed E-state index contributed by atoms with van der Waals surface area (Å²) in [7, 11) is 0. The first-order valence-corrected chi connectivity index (χ1v) is 5.47. The molecule has 1 aliphatic rings. The van der Waals surface area contributed by atoms with Gasteiger partial charge in [0.25, 0.3) is 0 Å². The Bertz CT molecular complexity index is 432. The lowest BCUT2D eigenvalue weighted by atomic mass is 10.2.